The van der Waals surface area contributed by atoms with Crippen molar-refractivity contribution in [2.75, 3.05) is 13.1 Å². The number of nitrogens with two attached hydrogens (primary N) is 1. The molecular weight excluding hydrogens is 286 g/mol. The lowest BCUT2D eigenvalue weighted by Gasteiger charge is -2.27. The number of hydrogen-bond acceptors (Lipinski definition) is 2. The number of para-hydroxylation sites is 1. The predicted octanol–water partition coefficient (Wildman–Crippen LogP) is 1.17. The minimum atomic E-state index is -0.167. The monoisotopic (exact) mass is 304 g/mol. The molecule has 0 atom stereocenters. The van der Waals surface area contributed by atoms with Crippen LogP contribution in [0.4, 0.5) is 0 Å². The molecule has 0 saturated carbocycles. The summed E-state index contributed by atoms with van der Waals surface area (Å²) in [5.74, 6) is -0.126. The number of nitrogens with zero attached hydrogens (tertiary/aromatic N) is 1. The van der Waals surface area contributed by atoms with Gasteiger partial charge in [-0.1, -0.05) is 29.8 Å². The Morgan fingerprint density at radius 3 is 2.76 bits per heavy atom. The van der Waals surface area contributed by atoms with Gasteiger partial charge in [0.05, 0.1) is 18.6 Å². The maximum absolute atomic E-state index is 11.2. The van der Waals surface area contributed by atoms with Crippen LogP contribution in [0.25, 0.3) is 10.9 Å². The number of likely N-dealkylation sites (tertiary alicyclic amines) is 1. The maximum atomic E-state index is 11.2. The Morgan fingerprint density at radius 1 is 1.33 bits per heavy atom. The van der Waals surface area contributed by atoms with E-state index >= 15 is 0 Å². The van der Waals surface area contributed by atoms with E-state index in [0.717, 1.165) is 48.9 Å². The zero-order valence-corrected chi connectivity index (χ0v) is 12.6. The number of fused-ring (bicyclic) bond motifs is 1. The van der Waals surface area contributed by atoms with Crippen molar-refractivity contribution >= 4 is 28.4 Å². The van der Waals surface area contributed by atoms with Crippen LogP contribution in [-0.4, -0.2) is 24.0 Å². The number of amides is 1. The van der Waals surface area contributed by atoms with Crippen LogP contribution in [0.2, 0.25) is 5.15 Å². The highest BCUT2D eigenvalue weighted by Gasteiger charge is 2.26. The molecule has 0 unspecified atom stereocenters. The van der Waals surface area contributed by atoms with E-state index in [2.05, 4.69) is 17.1 Å². The number of nitrogens with one attached hydrogen (secondary N) is 1. The van der Waals surface area contributed by atoms with Gasteiger partial charge in [-0.3, -0.25) is 4.79 Å². The third kappa shape index (κ3) is 3.17. The van der Waals surface area contributed by atoms with Gasteiger partial charge in [-0.15, -0.1) is 0 Å². The Hall–Kier alpha value is -1.65. The molecule has 0 radical (unpaired) electrons. The molecule has 2 heterocycles. The van der Waals surface area contributed by atoms with Gasteiger partial charge in [-0.05, 0) is 12.1 Å². The van der Waals surface area contributed by atoms with E-state index < -0.39 is 0 Å². The predicted molar refractivity (Wildman–Crippen MR) is 83.1 cm³/mol. The van der Waals surface area contributed by atoms with Gasteiger partial charge in [-0.25, -0.2) is 4.98 Å². The number of hydrogen-bond donors (Lipinski definition) is 2. The van der Waals surface area contributed by atoms with Crippen LogP contribution in [-0.2, 0) is 11.3 Å². The van der Waals surface area contributed by atoms with Crippen LogP contribution in [0, 0.1) is 5.92 Å². The second-order valence-corrected chi connectivity index (χ2v) is 6.09. The van der Waals surface area contributed by atoms with Crippen molar-refractivity contribution in [2.24, 2.45) is 11.7 Å². The number of piperidine rings is 1. The van der Waals surface area contributed by atoms with E-state index in [1.54, 1.807) is 0 Å². The number of quaternary nitrogens is 1. The molecule has 21 heavy (non-hydrogen) atoms. The normalized spacial score (nSPS) is 22.3. The van der Waals surface area contributed by atoms with Crippen molar-refractivity contribution in [1.82, 2.24) is 4.98 Å². The first-order valence-electron chi connectivity index (χ1n) is 7.30. The first kappa shape index (κ1) is 14.3. The molecule has 1 amide bonds. The van der Waals surface area contributed by atoms with Crippen LogP contribution in [0.5, 0.6) is 0 Å². The minimum Gasteiger partial charge on any atom is -0.369 e. The number of primary amides is 1. The molecule has 110 valence electrons. The highest BCUT2D eigenvalue weighted by Crippen LogP contribution is 2.20. The van der Waals surface area contributed by atoms with Crippen LogP contribution in [0.15, 0.2) is 30.3 Å². The quantitative estimate of drug-likeness (QED) is 0.836. The fourth-order valence-electron chi connectivity index (χ4n) is 3.02. The third-order valence-electron chi connectivity index (χ3n) is 4.29. The summed E-state index contributed by atoms with van der Waals surface area (Å²) in [6.45, 7) is 2.76. The smallest absolute Gasteiger partial charge is 0.220 e. The van der Waals surface area contributed by atoms with Gasteiger partial charge in [0.15, 0.2) is 0 Å². The summed E-state index contributed by atoms with van der Waals surface area (Å²) in [6.07, 6.45) is 1.73. The molecule has 0 bridgehead atoms. The van der Waals surface area contributed by atoms with E-state index in [1.807, 2.05) is 18.2 Å². The summed E-state index contributed by atoms with van der Waals surface area (Å²) in [5, 5.41) is 1.70. The molecule has 0 aliphatic carbocycles. The summed E-state index contributed by atoms with van der Waals surface area (Å²) in [6, 6.07) is 10.1. The number of carbonyl (C=O) groups is 1. The van der Waals surface area contributed by atoms with Gasteiger partial charge in [0.1, 0.15) is 11.7 Å². The second kappa shape index (κ2) is 6.00. The van der Waals surface area contributed by atoms with Crippen molar-refractivity contribution in [3.8, 4) is 0 Å². The Labute approximate surface area is 128 Å². The highest BCUT2D eigenvalue weighted by atomic mass is 35.5. The van der Waals surface area contributed by atoms with Gasteiger partial charge >= 0.3 is 0 Å². The van der Waals surface area contributed by atoms with Crippen molar-refractivity contribution in [2.45, 2.75) is 19.4 Å². The molecule has 1 saturated heterocycles. The summed E-state index contributed by atoms with van der Waals surface area (Å²) in [5.41, 5.74) is 7.37. The van der Waals surface area contributed by atoms with E-state index in [1.165, 1.54) is 4.90 Å². The number of aromatic nitrogens is 1. The summed E-state index contributed by atoms with van der Waals surface area (Å²) in [7, 11) is 0. The molecule has 5 heteroatoms. The summed E-state index contributed by atoms with van der Waals surface area (Å²) < 4.78 is 0. The summed E-state index contributed by atoms with van der Waals surface area (Å²) in [4.78, 5) is 17.1. The topological polar surface area (TPSA) is 60.4 Å². The van der Waals surface area contributed by atoms with Crippen molar-refractivity contribution in [3.63, 3.8) is 0 Å². The minimum absolute atomic E-state index is 0.0407. The third-order valence-corrected chi connectivity index (χ3v) is 4.61. The van der Waals surface area contributed by atoms with E-state index in [9.17, 15) is 4.79 Å². The van der Waals surface area contributed by atoms with Gasteiger partial charge < -0.3 is 10.6 Å². The number of halogens is 1. The number of carbonyl (C=O) groups excluding carboxylic acids is 1. The molecule has 4 nitrogen and oxygen atoms in total. The zero-order chi connectivity index (χ0) is 14.8. The molecule has 3 N–H and O–H groups in total. The average Bonchev–Trinajstić information content (AvgIpc) is 2.48. The number of pyridine rings is 1. The SMILES string of the molecule is NC(=O)C1CC[NH+](Cc2cc3ccccc3nc2Cl)CC1. The molecular formula is C16H19ClN3O+. The van der Waals surface area contributed by atoms with Crippen LogP contribution in [0.1, 0.15) is 18.4 Å². The molecule has 1 aromatic heterocycles. The molecule has 0 spiro atoms. The Kier molecular flexibility index (Phi) is 4.08. The lowest BCUT2D eigenvalue weighted by Crippen LogP contribution is -3.11. The zero-order valence-electron chi connectivity index (χ0n) is 11.8. The lowest BCUT2D eigenvalue weighted by molar-refractivity contribution is -0.919. The standard InChI is InChI=1S/C16H18ClN3O/c17-15-13(9-12-3-1-2-4-14(12)19-15)10-20-7-5-11(6-8-20)16(18)21/h1-4,9,11H,5-8,10H2,(H2,18,21)/p+1. The van der Waals surface area contributed by atoms with Crippen molar-refractivity contribution < 1.29 is 9.69 Å². The van der Waals surface area contributed by atoms with E-state index in [0.29, 0.717) is 5.15 Å². The van der Waals surface area contributed by atoms with Crippen LogP contribution < -0.4 is 10.6 Å². The van der Waals surface area contributed by atoms with E-state index in [-0.39, 0.29) is 11.8 Å². The number of benzene rings is 1. The van der Waals surface area contributed by atoms with E-state index in [4.69, 9.17) is 17.3 Å². The van der Waals surface area contributed by atoms with Crippen LogP contribution >= 0.6 is 11.6 Å². The van der Waals surface area contributed by atoms with Gasteiger partial charge in [0.2, 0.25) is 5.91 Å². The number of rotatable bonds is 3. The Bertz CT molecular complexity index is 666. The highest BCUT2D eigenvalue weighted by molar-refractivity contribution is 6.30. The van der Waals surface area contributed by atoms with Gasteiger partial charge in [0, 0.05) is 29.7 Å². The fourth-order valence-corrected chi connectivity index (χ4v) is 3.23. The lowest BCUT2D eigenvalue weighted by atomic mass is 9.96. The van der Waals surface area contributed by atoms with Crippen LogP contribution in [0.3, 0.4) is 0 Å². The molecule has 2 aromatic rings. The second-order valence-electron chi connectivity index (χ2n) is 5.73. The molecule has 1 aliphatic heterocycles. The molecule has 1 aromatic carbocycles. The van der Waals surface area contributed by atoms with Crippen molar-refractivity contribution in [1.29, 1.82) is 0 Å². The van der Waals surface area contributed by atoms with Crippen molar-refractivity contribution in [3.05, 3.63) is 41.0 Å². The molecule has 1 fully saturated rings. The van der Waals surface area contributed by atoms with Gasteiger partial charge in [-0.2, -0.15) is 0 Å². The first-order chi connectivity index (χ1) is 10.1. The Balaban J connectivity index is 1.73. The summed E-state index contributed by atoms with van der Waals surface area (Å²) >= 11 is 6.30. The maximum Gasteiger partial charge on any atom is 0.220 e. The molecule has 1 aliphatic rings. The molecule has 3 rings (SSSR count). The average molecular weight is 305 g/mol. The van der Waals surface area contributed by atoms with Gasteiger partial charge in [0.25, 0.3) is 0 Å². The fraction of sp³-hybridized carbons (Fsp3) is 0.375. The first-order valence-corrected chi connectivity index (χ1v) is 7.68. The Morgan fingerprint density at radius 2 is 2.05 bits per heavy atom. The largest absolute Gasteiger partial charge is 0.369 e.